The Bertz CT molecular complexity index is 2180. The van der Waals surface area contributed by atoms with Crippen molar-refractivity contribution in [2.45, 2.75) is 12.5 Å². The quantitative estimate of drug-likeness (QED) is 0.228. The minimum Gasteiger partial charge on any atom is -0.465 e. The first-order valence-electron chi connectivity index (χ1n) is 14.4. The molecule has 0 saturated carbocycles. The summed E-state index contributed by atoms with van der Waals surface area (Å²) >= 11 is 1.55. The molecule has 1 N–H and O–H groups in total. The van der Waals surface area contributed by atoms with E-state index < -0.39 is 23.1 Å². The molecule has 45 heavy (non-hydrogen) atoms. The van der Waals surface area contributed by atoms with Crippen LogP contribution in [0.4, 0.5) is 5.82 Å². The number of benzene rings is 4. The number of fused-ring (bicyclic) bond motifs is 2. The lowest BCUT2D eigenvalue weighted by Gasteiger charge is -2.33. The second kappa shape index (κ2) is 11.5. The van der Waals surface area contributed by atoms with Crippen LogP contribution in [0.3, 0.4) is 0 Å². The smallest absolute Gasteiger partial charge is 0.337 e. The van der Waals surface area contributed by atoms with Gasteiger partial charge in [-0.3, -0.25) is 13.9 Å². The normalized spacial score (nSPS) is 14.2. The van der Waals surface area contributed by atoms with Gasteiger partial charge in [-0.25, -0.2) is 14.6 Å². The Balaban J connectivity index is 1.57. The highest BCUT2D eigenvalue weighted by Crippen LogP contribution is 2.48. The summed E-state index contributed by atoms with van der Waals surface area (Å²) in [6.45, 7) is 0.260. The monoisotopic (exact) mass is 612 g/mol. The van der Waals surface area contributed by atoms with Crippen LogP contribution in [0.1, 0.15) is 43.5 Å². The van der Waals surface area contributed by atoms with E-state index in [0.717, 1.165) is 43.2 Å². The van der Waals surface area contributed by atoms with Gasteiger partial charge in [-0.2, -0.15) is 0 Å². The topological polar surface area (TPSA) is 95.2 Å². The first-order valence-corrected chi connectivity index (χ1v) is 15.2. The maximum absolute atomic E-state index is 14.2. The molecule has 1 atom stereocenters. The number of rotatable bonds is 6. The lowest BCUT2D eigenvalue weighted by Crippen LogP contribution is -2.43. The van der Waals surface area contributed by atoms with Gasteiger partial charge < -0.3 is 10.1 Å². The lowest BCUT2D eigenvalue weighted by atomic mass is 9.80. The van der Waals surface area contributed by atoms with Crippen molar-refractivity contribution in [3.63, 3.8) is 0 Å². The van der Waals surface area contributed by atoms with E-state index in [1.807, 2.05) is 97.1 Å². The minimum atomic E-state index is -0.620. The van der Waals surface area contributed by atoms with Gasteiger partial charge in [-0.15, -0.1) is 11.3 Å². The van der Waals surface area contributed by atoms with Gasteiger partial charge in [0, 0.05) is 18.5 Å². The molecule has 2 aromatic heterocycles. The van der Waals surface area contributed by atoms with E-state index >= 15 is 0 Å². The molecular formula is C36H28N4O4S. The van der Waals surface area contributed by atoms with Crippen molar-refractivity contribution in [3.05, 3.63) is 163 Å². The van der Waals surface area contributed by atoms with Crippen molar-refractivity contribution < 1.29 is 9.53 Å². The zero-order chi connectivity index (χ0) is 31.1. The predicted octanol–water partition coefficient (Wildman–Crippen LogP) is 6.12. The summed E-state index contributed by atoms with van der Waals surface area (Å²) in [6.07, 6.45) is 0. The van der Waals surface area contributed by atoms with Gasteiger partial charge in [0.15, 0.2) is 0 Å². The Morgan fingerprint density at radius 3 is 2.24 bits per heavy atom. The van der Waals surface area contributed by atoms with Crippen molar-refractivity contribution in [2.75, 3.05) is 12.4 Å². The number of thiazole rings is 1. The van der Waals surface area contributed by atoms with Crippen LogP contribution in [0.25, 0.3) is 21.5 Å². The lowest BCUT2D eigenvalue weighted by molar-refractivity contribution is 0.0600. The fraction of sp³-hybridized carbons (Fsp3) is 0.111. The summed E-state index contributed by atoms with van der Waals surface area (Å²) in [5.41, 5.74) is 4.97. The van der Waals surface area contributed by atoms with E-state index in [9.17, 15) is 14.4 Å². The number of methoxy groups -OCH3 is 1. The number of ether oxygens (including phenoxy) is 1. The summed E-state index contributed by atoms with van der Waals surface area (Å²) < 4.78 is 8.75. The molecule has 7 rings (SSSR count). The van der Waals surface area contributed by atoms with Crippen LogP contribution < -0.4 is 16.6 Å². The molecule has 0 amide bonds. The van der Waals surface area contributed by atoms with Crippen molar-refractivity contribution in [1.29, 1.82) is 0 Å². The van der Waals surface area contributed by atoms with Crippen LogP contribution in [0.5, 0.6) is 0 Å². The number of allylic oxidation sites excluding steroid dienone is 1. The maximum Gasteiger partial charge on any atom is 0.337 e. The molecule has 222 valence electrons. The molecule has 9 heteroatoms. The summed E-state index contributed by atoms with van der Waals surface area (Å²) in [6, 6.07) is 34.6. The molecule has 6 aromatic rings. The number of carbonyl (C=O) groups is 1. The molecule has 4 aromatic carbocycles. The van der Waals surface area contributed by atoms with Gasteiger partial charge in [0.25, 0.3) is 5.56 Å². The fourth-order valence-corrected chi connectivity index (χ4v) is 6.93. The SMILES string of the molecule is COC(=O)c1ccc(C2C(c3nc4ccccc4s3)=C(c3ccccc3)Nc3c2c(=O)n(C)c(=O)n3Cc2ccccc2)cc1. The molecule has 1 aliphatic heterocycles. The maximum atomic E-state index is 14.2. The standard InChI is InChI=1S/C36H28N4O4S/c1-39-34(41)30-28(23-17-19-25(20-18-23)35(42)44-2)29(33-37-26-15-9-10-16-27(26)45-33)31(24-13-7-4-8-14-24)38-32(30)40(36(39)43)21-22-11-5-3-6-12-22/h3-20,28,38H,21H2,1-2H3. The van der Waals surface area contributed by atoms with Crippen LogP contribution >= 0.6 is 11.3 Å². The van der Waals surface area contributed by atoms with Gasteiger partial charge >= 0.3 is 11.7 Å². The number of hydrogen-bond donors (Lipinski definition) is 1. The molecular weight excluding hydrogens is 584 g/mol. The second-order valence-electron chi connectivity index (χ2n) is 10.8. The number of hydrogen-bond acceptors (Lipinski definition) is 7. The van der Waals surface area contributed by atoms with Gasteiger partial charge in [0.05, 0.1) is 40.7 Å². The van der Waals surface area contributed by atoms with E-state index in [4.69, 9.17) is 9.72 Å². The van der Waals surface area contributed by atoms with E-state index in [1.54, 1.807) is 28.0 Å². The number of nitrogens with zero attached hydrogens (tertiary/aromatic N) is 3. The Hall–Kier alpha value is -5.54. The van der Waals surface area contributed by atoms with E-state index in [1.165, 1.54) is 18.7 Å². The Morgan fingerprint density at radius 1 is 0.889 bits per heavy atom. The number of carbonyl (C=O) groups excluding carboxylic acids is 1. The predicted molar refractivity (Wildman–Crippen MR) is 178 cm³/mol. The number of para-hydroxylation sites is 1. The van der Waals surface area contributed by atoms with Crippen LogP contribution in [0.15, 0.2) is 119 Å². The molecule has 0 aliphatic carbocycles. The van der Waals surface area contributed by atoms with Gasteiger partial charge in [0.1, 0.15) is 10.8 Å². The Morgan fingerprint density at radius 2 is 1.56 bits per heavy atom. The largest absolute Gasteiger partial charge is 0.465 e. The zero-order valence-electron chi connectivity index (χ0n) is 24.6. The van der Waals surface area contributed by atoms with Crippen molar-refractivity contribution >= 4 is 44.6 Å². The Kier molecular flexibility index (Phi) is 7.23. The summed E-state index contributed by atoms with van der Waals surface area (Å²) in [7, 11) is 2.85. The molecule has 0 spiro atoms. The van der Waals surface area contributed by atoms with Crippen molar-refractivity contribution in [2.24, 2.45) is 7.05 Å². The molecule has 0 bridgehead atoms. The number of nitrogens with one attached hydrogen (secondary N) is 1. The van der Waals surface area contributed by atoms with Gasteiger partial charge in [-0.1, -0.05) is 84.9 Å². The molecule has 0 fully saturated rings. The van der Waals surface area contributed by atoms with Gasteiger partial charge in [0.2, 0.25) is 0 Å². The fourth-order valence-electron chi connectivity index (χ4n) is 5.89. The highest BCUT2D eigenvalue weighted by atomic mass is 32.1. The van der Waals surface area contributed by atoms with Crippen LogP contribution in [-0.4, -0.2) is 27.2 Å². The molecule has 1 unspecified atom stereocenters. The van der Waals surface area contributed by atoms with Crippen LogP contribution in [-0.2, 0) is 18.3 Å². The second-order valence-corrected chi connectivity index (χ2v) is 11.8. The zero-order valence-corrected chi connectivity index (χ0v) is 25.4. The number of esters is 1. The average Bonchev–Trinajstić information content (AvgIpc) is 3.53. The summed E-state index contributed by atoms with van der Waals surface area (Å²) in [5.74, 6) is -0.644. The minimum absolute atomic E-state index is 0.260. The number of anilines is 1. The molecule has 0 saturated heterocycles. The molecule has 0 radical (unpaired) electrons. The van der Waals surface area contributed by atoms with Crippen molar-refractivity contribution in [1.82, 2.24) is 14.1 Å². The van der Waals surface area contributed by atoms with Crippen molar-refractivity contribution in [3.8, 4) is 0 Å². The van der Waals surface area contributed by atoms with Crippen LogP contribution in [0.2, 0.25) is 0 Å². The third kappa shape index (κ3) is 4.97. The average molecular weight is 613 g/mol. The van der Waals surface area contributed by atoms with Gasteiger partial charge in [-0.05, 0) is 41.0 Å². The summed E-state index contributed by atoms with van der Waals surface area (Å²) in [4.78, 5) is 45.4. The molecule has 8 nitrogen and oxygen atoms in total. The number of aromatic nitrogens is 3. The molecule has 1 aliphatic rings. The van der Waals surface area contributed by atoms with E-state index in [-0.39, 0.29) is 6.54 Å². The first kappa shape index (κ1) is 28.2. The third-order valence-electron chi connectivity index (χ3n) is 8.10. The van der Waals surface area contributed by atoms with E-state index in [2.05, 4.69) is 5.32 Å². The highest BCUT2D eigenvalue weighted by molar-refractivity contribution is 7.19. The van der Waals surface area contributed by atoms with E-state index in [0.29, 0.717) is 16.9 Å². The highest BCUT2D eigenvalue weighted by Gasteiger charge is 2.37. The van der Waals surface area contributed by atoms with Crippen LogP contribution in [0, 0.1) is 0 Å². The first-order chi connectivity index (χ1) is 21.9. The third-order valence-corrected chi connectivity index (χ3v) is 9.17. The molecule has 3 heterocycles. The Labute approximate surface area is 262 Å². The summed E-state index contributed by atoms with van der Waals surface area (Å²) in [5, 5.41) is 4.31.